The second-order valence-electron chi connectivity index (χ2n) is 6.55. The number of likely N-dealkylation sites (tertiary alicyclic amines) is 1. The van der Waals surface area contributed by atoms with Crippen LogP contribution in [0, 0.1) is 5.41 Å². The fourth-order valence-corrected chi connectivity index (χ4v) is 3.81. The molecule has 2 aliphatic rings. The monoisotopic (exact) mass is 362 g/mol. The highest BCUT2D eigenvalue weighted by Crippen LogP contribution is 2.38. The summed E-state index contributed by atoms with van der Waals surface area (Å²) in [7, 11) is 0. The fourth-order valence-electron chi connectivity index (χ4n) is 3.81. The summed E-state index contributed by atoms with van der Waals surface area (Å²) in [6, 6.07) is 5.53. The van der Waals surface area contributed by atoms with Crippen LogP contribution in [0.4, 0.5) is 13.2 Å². The molecule has 134 valence electrons. The molecule has 2 aliphatic heterocycles. The first kappa shape index (κ1) is 19.1. The Morgan fingerprint density at radius 2 is 1.88 bits per heavy atom. The van der Waals surface area contributed by atoms with E-state index < -0.39 is 17.2 Å². The Labute approximate surface area is 146 Å². The number of hydrogen-bond acceptors (Lipinski definition) is 2. The summed E-state index contributed by atoms with van der Waals surface area (Å²) >= 11 is 0. The van der Waals surface area contributed by atoms with Gasteiger partial charge < -0.3 is 10.2 Å². The smallest absolute Gasteiger partial charge is 0.338 e. The number of alkyl halides is 3. The van der Waals surface area contributed by atoms with Gasteiger partial charge >= 0.3 is 6.18 Å². The van der Waals surface area contributed by atoms with Crippen molar-refractivity contribution in [3.05, 3.63) is 35.4 Å². The summed E-state index contributed by atoms with van der Waals surface area (Å²) in [5.74, 6) is 0.00734. The number of amides is 1. The highest BCUT2D eigenvalue weighted by Gasteiger charge is 2.44. The minimum atomic E-state index is -4.39. The van der Waals surface area contributed by atoms with E-state index in [1.165, 1.54) is 12.1 Å². The summed E-state index contributed by atoms with van der Waals surface area (Å²) in [4.78, 5) is 14.5. The van der Waals surface area contributed by atoms with Gasteiger partial charge in [0.05, 0.1) is 11.0 Å². The van der Waals surface area contributed by atoms with E-state index in [0.29, 0.717) is 13.1 Å². The lowest BCUT2D eigenvalue weighted by atomic mass is 9.73. The van der Waals surface area contributed by atoms with Crippen molar-refractivity contribution in [1.29, 1.82) is 0 Å². The number of nitrogens with zero attached hydrogens (tertiary/aromatic N) is 1. The third kappa shape index (κ3) is 3.70. The number of nitrogens with one attached hydrogen (secondary N) is 1. The van der Waals surface area contributed by atoms with Gasteiger partial charge in [-0.25, -0.2) is 0 Å². The Hall–Kier alpha value is -1.27. The number of carbonyl (C=O) groups is 1. The Morgan fingerprint density at radius 3 is 2.54 bits per heavy atom. The third-order valence-electron chi connectivity index (χ3n) is 4.98. The second kappa shape index (κ2) is 7.31. The van der Waals surface area contributed by atoms with Crippen LogP contribution in [-0.2, 0) is 17.5 Å². The molecular formula is C17H22ClF3N2O. The van der Waals surface area contributed by atoms with Gasteiger partial charge in [-0.15, -0.1) is 12.4 Å². The highest BCUT2D eigenvalue weighted by atomic mass is 35.5. The first-order chi connectivity index (χ1) is 10.9. The lowest BCUT2D eigenvalue weighted by molar-refractivity contribution is -0.149. The topological polar surface area (TPSA) is 32.3 Å². The molecule has 1 unspecified atom stereocenters. The van der Waals surface area contributed by atoms with Crippen molar-refractivity contribution < 1.29 is 18.0 Å². The molecule has 0 saturated carbocycles. The molecule has 0 aliphatic carbocycles. The molecule has 2 heterocycles. The van der Waals surface area contributed by atoms with Gasteiger partial charge in [0, 0.05) is 19.6 Å². The molecule has 1 aromatic carbocycles. The number of benzene rings is 1. The van der Waals surface area contributed by atoms with Gasteiger partial charge in [-0.3, -0.25) is 4.79 Å². The number of carbonyl (C=O) groups excluding carboxylic acids is 1. The molecule has 3 rings (SSSR count). The standard InChI is InChI=1S/C17H21F3N2O.ClH/c18-17(19,20)14-6-2-1-5-13(14)11-22-10-4-8-16(15(22)23)7-3-9-21-12-16;/h1-2,5-6,21H,3-4,7-12H2;1H. The van der Waals surface area contributed by atoms with Gasteiger partial charge in [0.2, 0.25) is 5.91 Å². The molecule has 0 aromatic heterocycles. The summed E-state index contributed by atoms with van der Waals surface area (Å²) in [5.41, 5.74) is -0.882. The lowest BCUT2D eigenvalue weighted by Crippen LogP contribution is -2.55. The van der Waals surface area contributed by atoms with E-state index in [-0.39, 0.29) is 30.4 Å². The number of halogens is 4. The maximum atomic E-state index is 13.1. The SMILES string of the molecule is Cl.O=C1N(Cc2ccccc2C(F)(F)F)CCCC12CCCNC2. The highest BCUT2D eigenvalue weighted by molar-refractivity contribution is 5.85. The van der Waals surface area contributed by atoms with E-state index in [0.717, 1.165) is 38.3 Å². The predicted molar refractivity (Wildman–Crippen MR) is 87.9 cm³/mol. The zero-order chi connectivity index (χ0) is 16.5. The van der Waals surface area contributed by atoms with E-state index in [9.17, 15) is 18.0 Å². The van der Waals surface area contributed by atoms with Gasteiger partial charge in [0.15, 0.2) is 0 Å². The average Bonchev–Trinajstić information content (AvgIpc) is 2.52. The first-order valence-corrected chi connectivity index (χ1v) is 8.08. The predicted octanol–water partition coefficient (Wildman–Crippen LogP) is 3.62. The van der Waals surface area contributed by atoms with Gasteiger partial charge in [-0.05, 0) is 43.9 Å². The largest absolute Gasteiger partial charge is 0.416 e. The van der Waals surface area contributed by atoms with Crippen LogP contribution in [0.3, 0.4) is 0 Å². The summed E-state index contributed by atoms with van der Waals surface area (Å²) in [6.07, 6.45) is -0.938. The molecular weight excluding hydrogens is 341 g/mol. The van der Waals surface area contributed by atoms with Crippen LogP contribution in [0.15, 0.2) is 24.3 Å². The van der Waals surface area contributed by atoms with Gasteiger partial charge in [-0.2, -0.15) is 13.2 Å². The molecule has 24 heavy (non-hydrogen) atoms. The second-order valence-corrected chi connectivity index (χ2v) is 6.55. The van der Waals surface area contributed by atoms with Crippen molar-refractivity contribution >= 4 is 18.3 Å². The first-order valence-electron chi connectivity index (χ1n) is 8.08. The van der Waals surface area contributed by atoms with E-state index in [4.69, 9.17) is 0 Å². The normalized spacial score (nSPS) is 24.8. The van der Waals surface area contributed by atoms with Crippen LogP contribution in [0.5, 0.6) is 0 Å². The van der Waals surface area contributed by atoms with Gasteiger partial charge in [0.1, 0.15) is 0 Å². The van der Waals surface area contributed by atoms with Crippen LogP contribution in [-0.4, -0.2) is 30.4 Å². The maximum absolute atomic E-state index is 13.1. The van der Waals surface area contributed by atoms with Crippen molar-refractivity contribution in [3.8, 4) is 0 Å². The van der Waals surface area contributed by atoms with Crippen molar-refractivity contribution in [2.24, 2.45) is 5.41 Å². The number of hydrogen-bond donors (Lipinski definition) is 1. The minimum Gasteiger partial charge on any atom is -0.338 e. The van der Waals surface area contributed by atoms with Crippen LogP contribution in [0.1, 0.15) is 36.8 Å². The van der Waals surface area contributed by atoms with Gasteiger partial charge in [-0.1, -0.05) is 18.2 Å². The van der Waals surface area contributed by atoms with Crippen LogP contribution < -0.4 is 5.32 Å². The molecule has 7 heteroatoms. The Morgan fingerprint density at radius 1 is 1.17 bits per heavy atom. The molecule has 1 atom stereocenters. The van der Waals surface area contributed by atoms with E-state index in [2.05, 4.69) is 5.32 Å². The van der Waals surface area contributed by atoms with E-state index in [1.807, 2.05) is 0 Å². The van der Waals surface area contributed by atoms with Crippen molar-refractivity contribution in [2.45, 2.75) is 38.4 Å². The molecule has 0 bridgehead atoms. The summed E-state index contributed by atoms with van der Waals surface area (Å²) < 4.78 is 39.4. The van der Waals surface area contributed by atoms with E-state index >= 15 is 0 Å². The molecule has 1 spiro atoms. The fraction of sp³-hybridized carbons (Fsp3) is 0.588. The van der Waals surface area contributed by atoms with Crippen molar-refractivity contribution in [2.75, 3.05) is 19.6 Å². The Kier molecular flexibility index (Phi) is 5.81. The molecule has 1 aromatic rings. The molecule has 2 saturated heterocycles. The zero-order valence-corrected chi connectivity index (χ0v) is 14.2. The number of rotatable bonds is 2. The van der Waals surface area contributed by atoms with Crippen LogP contribution >= 0.6 is 12.4 Å². The molecule has 1 amide bonds. The van der Waals surface area contributed by atoms with Crippen molar-refractivity contribution in [3.63, 3.8) is 0 Å². The Bertz CT molecular complexity index is 580. The van der Waals surface area contributed by atoms with Crippen LogP contribution in [0.25, 0.3) is 0 Å². The minimum absolute atomic E-state index is 0. The van der Waals surface area contributed by atoms with Gasteiger partial charge in [0.25, 0.3) is 0 Å². The maximum Gasteiger partial charge on any atom is 0.416 e. The lowest BCUT2D eigenvalue weighted by Gasteiger charge is -2.44. The number of piperidine rings is 2. The average molecular weight is 363 g/mol. The Balaban J connectivity index is 0.00000208. The summed E-state index contributed by atoms with van der Waals surface area (Å²) in [5, 5.41) is 3.27. The summed E-state index contributed by atoms with van der Waals surface area (Å²) in [6.45, 7) is 2.12. The molecule has 0 radical (unpaired) electrons. The third-order valence-corrected chi connectivity index (χ3v) is 4.98. The van der Waals surface area contributed by atoms with E-state index in [1.54, 1.807) is 11.0 Å². The molecule has 3 nitrogen and oxygen atoms in total. The molecule has 1 N–H and O–H groups in total. The quantitative estimate of drug-likeness (QED) is 0.871. The van der Waals surface area contributed by atoms with Crippen molar-refractivity contribution in [1.82, 2.24) is 10.2 Å². The van der Waals surface area contributed by atoms with Crippen LogP contribution in [0.2, 0.25) is 0 Å². The zero-order valence-electron chi connectivity index (χ0n) is 13.4. The molecule has 2 fully saturated rings.